The molecule has 0 aliphatic carbocycles. The highest BCUT2D eigenvalue weighted by molar-refractivity contribution is 7.11. The minimum absolute atomic E-state index is 0.116. The number of H-pyrrole nitrogens is 1. The molecule has 3 aromatic heterocycles. The van der Waals surface area contributed by atoms with E-state index in [1.807, 2.05) is 67.7 Å². The summed E-state index contributed by atoms with van der Waals surface area (Å²) >= 11 is 1.55. The van der Waals surface area contributed by atoms with Crippen molar-refractivity contribution in [3.63, 3.8) is 0 Å². The number of hydrogen-bond acceptors (Lipinski definition) is 8. The Morgan fingerprint density at radius 3 is 2.61 bits per heavy atom. The van der Waals surface area contributed by atoms with E-state index in [4.69, 9.17) is 0 Å². The number of carbonyl (C=O) groups excluding carboxylic acids is 2. The zero-order valence-electron chi connectivity index (χ0n) is 22.8. The molecule has 1 saturated heterocycles. The average Bonchev–Trinajstić information content (AvgIpc) is 3.61. The Kier molecular flexibility index (Phi) is 7.82. The van der Waals surface area contributed by atoms with Crippen LogP contribution in [0.2, 0.25) is 0 Å². The number of hydrogen-bond donors (Lipinski definition) is 2. The van der Waals surface area contributed by atoms with Crippen molar-refractivity contribution in [1.82, 2.24) is 25.4 Å². The molecule has 0 saturated carbocycles. The molecule has 0 spiro atoms. The molecular weight excluding hydrogens is 534 g/mol. The fourth-order valence-electron chi connectivity index (χ4n) is 5.34. The Labute approximate surface area is 242 Å². The monoisotopic (exact) mass is 565 g/mol. The van der Waals surface area contributed by atoms with Crippen LogP contribution in [-0.2, 0) is 28.9 Å². The second-order valence-corrected chi connectivity index (χ2v) is 11.6. The molecule has 5 aromatic rings. The molecule has 0 radical (unpaired) electrons. The van der Waals surface area contributed by atoms with Crippen molar-refractivity contribution in [1.29, 1.82) is 0 Å². The first-order valence-electron chi connectivity index (χ1n) is 13.8. The number of aryl methyl sites for hydroxylation is 1. The average molecular weight is 566 g/mol. The predicted octanol–water partition coefficient (Wildman–Crippen LogP) is 5.04. The van der Waals surface area contributed by atoms with Gasteiger partial charge < -0.3 is 15.2 Å². The summed E-state index contributed by atoms with van der Waals surface area (Å²) in [6.07, 6.45) is 4.75. The molecule has 4 heterocycles. The molecule has 41 heavy (non-hydrogen) atoms. The Balaban J connectivity index is 0.981. The van der Waals surface area contributed by atoms with Crippen molar-refractivity contribution < 1.29 is 9.59 Å². The van der Waals surface area contributed by atoms with Gasteiger partial charge >= 0.3 is 0 Å². The fraction of sp³-hybridized carbons (Fsp3) is 0.290. The molecule has 2 N–H and O–H groups in total. The molecule has 0 bridgehead atoms. The summed E-state index contributed by atoms with van der Waals surface area (Å²) in [5.41, 5.74) is 4.16. The number of aromatic amines is 1. The van der Waals surface area contributed by atoms with Crippen LogP contribution in [0.5, 0.6) is 0 Å². The normalized spacial score (nSPS) is 13.9. The zero-order chi connectivity index (χ0) is 28.2. The third-order valence-corrected chi connectivity index (χ3v) is 8.51. The Morgan fingerprint density at radius 2 is 1.80 bits per heavy atom. The molecule has 10 heteroatoms. The number of para-hydroxylation sites is 1. The van der Waals surface area contributed by atoms with Gasteiger partial charge in [0.2, 0.25) is 5.91 Å². The topological polar surface area (TPSA) is 117 Å². The number of nitrogens with zero attached hydrogens (tertiary/aromatic N) is 5. The van der Waals surface area contributed by atoms with Crippen molar-refractivity contribution in [2.45, 2.75) is 44.9 Å². The molecule has 6 rings (SSSR count). The summed E-state index contributed by atoms with van der Waals surface area (Å²) in [6.45, 7) is 3.66. The minimum Gasteiger partial charge on any atom is -0.361 e. The van der Waals surface area contributed by atoms with Crippen molar-refractivity contribution >= 4 is 45.6 Å². The van der Waals surface area contributed by atoms with Gasteiger partial charge in [0.25, 0.3) is 0 Å². The van der Waals surface area contributed by atoms with E-state index >= 15 is 0 Å². The molecule has 2 aromatic carbocycles. The van der Waals surface area contributed by atoms with Gasteiger partial charge in [-0.25, -0.2) is 0 Å². The van der Waals surface area contributed by atoms with Crippen molar-refractivity contribution in [3.05, 3.63) is 93.6 Å². The molecule has 1 amide bonds. The summed E-state index contributed by atoms with van der Waals surface area (Å²) in [5.74, 6) is 1.58. The number of rotatable bonds is 9. The maximum absolute atomic E-state index is 12.8. The lowest BCUT2D eigenvalue weighted by Gasteiger charge is -2.31. The van der Waals surface area contributed by atoms with E-state index < -0.39 is 0 Å². The number of benzene rings is 2. The standard InChI is InChI=1S/C31H31N7O2S/c1-20-5-4-6-21(15-20)16-29(40)33-27-9-10-28(35-34-27)38-13-11-22(12-14-38)31-37-36-30(41-31)18-24(39)17-23-19-32-26-8-3-2-7-25(23)26/h2-10,15,19,22,32H,11-14,16-18H2,1H3,(H,33,34,40). The predicted molar refractivity (Wildman–Crippen MR) is 160 cm³/mol. The van der Waals surface area contributed by atoms with Gasteiger partial charge in [0.1, 0.15) is 15.8 Å². The highest BCUT2D eigenvalue weighted by Crippen LogP contribution is 2.32. The first-order valence-corrected chi connectivity index (χ1v) is 14.6. The van der Waals surface area contributed by atoms with Gasteiger partial charge in [0.15, 0.2) is 11.6 Å². The molecule has 9 nitrogen and oxygen atoms in total. The van der Waals surface area contributed by atoms with Gasteiger partial charge in [-0.1, -0.05) is 48.0 Å². The van der Waals surface area contributed by atoms with Crippen LogP contribution in [0, 0.1) is 6.92 Å². The maximum atomic E-state index is 12.8. The maximum Gasteiger partial charge on any atom is 0.229 e. The first-order chi connectivity index (χ1) is 20.0. The SMILES string of the molecule is Cc1cccc(CC(=O)Nc2ccc(N3CCC(c4nnc(CC(=O)Cc5c[nH]c6ccccc56)s4)CC3)nn2)c1. The van der Waals surface area contributed by atoms with Gasteiger partial charge in [-0.2, -0.15) is 0 Å². The molecule has 208 valence electrons. The van der Waals surface area contributed by atoms with Gasteiger partial charge in [-0.15, -0.1) is 31.7 Å². The van der Waals surface area contributed by atoms with Crippen LogP contribution in [0.3, 0.4) is 0 Å². The minimum atomic E-state index is -0.116. The summed E-state index contributed by atoms with van der Waals surface area (Å²) in [4.78, 5) is 30.6. The van der Waals surface area contributed by atoms with Gasteiger partial charge in [-0.05, 0) is 49.1 Å². The zero-order valence-corrected chi connectivity index (χ0v) is 23.7. The second kappa shape index (κ2) is 12.0. The third kappa shape index (κ3) is 6.49. The van der Waals surface area contributed by atoms with E-state index in [0.717, 1.165) is 69.4 Å². The number of amides is 1. The quantitative estimate of drug-likeness (QED) is 0.257. The molecule has 1 aliphatic rings. The molecular formula is C31H31N7O2S. The summed E-state index contributed by atoms with van der Waals surface area (Å²) in [7, 11) is 0. The lowest BCUT2D eigenvalue weighted by atomic mass is 9.98. The Bertz CT molecular complexity index is 1670. The molecule has 1 aliphatic heterocycles. The number of aromatic nitrogens is 5. The van der Waals surface area contributed by atoms with Crippen molar-refractivity contribution in [3.8, 4) is 0 Å². The number of piperidine rings is 1. The Morgan fingerprint density at radius 1 is 0.951 bits per heavy atom. The van der Waals surface area contributed by atoms with Gasteiger partial charge in [0, 0.05) is 42.5 Å². The van der Waals surface area contributed by atoms with E-state index in [1.54, 1.807) is 17.4 Å². The smallest absolute Gasteiger partial charge is 0.229 e. The number of anilines is 2. The molecule has 1 fully saturated rings. The van der Waals surface area contributed by atoms with E-state index in [2.05, 4.69) is 35.6 Å². The number of Topliss-reactive ketones (excluding diaryl/α,β-unsaturated/α-hetero) is 1. The molecule has 0 atom stereocenters. The van der Waals surface area contributed by atoms with E-state index in [0.29, 0.717) is 31.0 Å². The first kappa shape index (κ1) is 26.8. The van der Waals surface area contributed by atoms with Gasteiger partial charge in [-0.3, -0.25) is 9.59 Å². The highest BCUT2D eigenvalue weighted by atomic mass is 32.1. The van der Waals surface area contributed by atoms with Crippen molar-refractivity contribution in [2.24, 2.45) is 0 Å². The van der Waals surface area contributed by atoms with E-state index in [-0.39, 0.29) is 11.7 Å². The number of fused-ring (bicyclic) bond motifs is 1. The van der Waals surface area contributed by atoms with E-state index in [1.165, 1.54) is 0 Å². The van der Waals surface area contributed by atoms with E-state index in [9.17, 15) is 9.59 Å². The summed E-state index contributed by atoms with van der Waals surface area (Å²) in [6, 6.07) is 19.6. The van der Waals surface area contributed by atoms with Crippen LogP contribution in [-0.4, -0.2) is 50.2 Å². The highest BCUT2D eigenvalue weighted by Gasteiger charge is 2.25. The summed E-state index contributed by atoms with van der Waals surface area (Å²) in [5, 5.41) is 23.0. The number of carbonyl (C=O) groups is 2. The largest absolute Gasteiger partial charge is 0.361 e. The number of ketones is 1. The molecule has 0 unspecified atom stereocenters. The van der Waals surface area contributed by atoms with Crippen LogP contribution in [0.4, 0.5) is 11.6 Å². The van der Waals surface area contributed by atoms with Crippen LogP contribution in [0.1, 0.15) is 45.5 Å². The number of nitrogens with one attached hydrogen (secondary N) is 2. The van der Waals surface area contributed by atoms with Crippen LogP contribution in [0.15, 0.2) is 66.9 Å². The lowest BCUT2D eigenvalue weighted by Crippen LogP contribution is -2.33. The summed E-state index contributed by atoms with van der Waals surface area (Å²) < 4.78 is 0. The lowest BCUT2D eigenvalue weighted by molar-refractivity contribution is -0.118. The van der Waals surface area contributed by atoms with Crippen LogP contribution in [0.25, 0.3) is 10.9 Å². The van der Waals surface area contributed by atoms with Gasteiger partial charge in [0.05, 0.1) is 12.8 Å². The second-order valence-electron chi connectivity index (χ2n) is 10.5. The third-order valence-electron chi connectivity index (χ3n) is 7.43. The van der Waals surface area contributed by atoms with Crippen LogP contribution < -0.4 is 10.2 Å². The van der Waals surface area contributed by atoms with Crippen LogP contribution >= 0.6 is 11.3 Å². The fourth-order valence-corrected chi connectivity index (χ4v) is 6.38. The van der Waals surface area contributed by atoms with Crippen molar-refractivity contribution in [2.75, 3.05) is 23.3 Å². The Hall–Kier alpha value is -4.44.